The largest absolute Gasteiger partial charge is 0.465 e. The van der Waals surface area contributed by atoms with Gasteiger partial charge in [0.15, 0.2) is 0 Å². The van der Waals surface area contributed by atoms with Gasteiger partial charge in [-0.3, -0.25) is 0 Å². The van der Waals surface area contributed by atoms with Crippen molar-refractivity contribution in [2.24, 2.45) is 5.92 Å². The summed E-state index contributed by atoms with van der Waals surface area (Å²) in [6.45, 7) is 4.35. The van der Waals surface area contributed by atoms with Crippen LogP contribution in [0.5, 0.6) is 0 Å². The quantitative estimate of drug-likeness (QED) is 0.681. The van der Waals surface area contributed by atoms with Crippen molar-refractivity contribution in [1.29, 1.82) is 0 Å². The van der Waals surface area contributed by atoms with Gasteiger partial charge in [0.25, 0.3) is 0 Å². The van der Waals surface area contributed by atoms with E-state index in [1.807, 2.05) is 6.26 Å². The van der Waals surface area contributed by atoms with Crippen LogP contribution in [-0.4, -0.2) is 32.4 Å². The normalized spacial score (nSPS) is 19.1. The number of nitrogens with zero attached hydrogens (tertiary/aromatic N) is 1. The molecule has 2 heterocycles. The number of thiophene rings is 1. The van der Waals surface area contributed by atoms with E-state index in [-0.39, 0.29) is 5.97 Å². The third-order valence-electron chi connectivity index (χ3n) is 3.84. The van der Waals surface area contributed by atoms with Gasteiger partial charge in [-0.15, -0.1) is 23.1 Å². The molecule has 0 bridgehead atoms. The summed E-state index contributed by atoms with van der Waals surface area (Å²) in [4.78, 5) is 15.7. The van der Waals surface area contributed by atoms with Gasteiger partial charge in [0, 0.05) is 13.1 Å². The number of nitrogens with two attached hydrogens (primary N) is 1. The molecular weight excluding hydrogens is 292 g/mol. The van der Waals surface area contributed by atoms with Gasteiger partial charge in [-0.2, -0.15) is 0 Å². The molecule has 1 aromatic heterocycles. The molecule has 1 fully saturated rings. The van der Waals surface area contributed by atoms with E-state index < -0.39 is 0 Å². The predicted molar refractivity (Wildman–Crippen MR) is 87.1 cm³/mol. The number of anilines is 2. The van der Waals surface area contributed by atoms with Gasteiger partial charge in [-0.25, -0.2) is 4.79 Å². The highest BCUT2D eigenvalue weighted by atomic mass is 32.2. The number of carbonyl (C=O) groups is 1. The zero-order valence-electron chi connectivity index (χ0n) is 12.3. The summed E-state index contributed by atoms with van der Waals surface area (Å²) in [7, 11) is 1.40. The van der Waals surface area contributed by atoms with Crippen LogP contribution in [0.2, 0.25) is 0 Å². The summed E-state index contributed by atoms with van der Waals surface area (Å²) in [6, 6.07) is 0. The fourth-order valence-electron chi connectivity index (χ4n) is 2.65. The third kappa shape index (κ3) is 2.91. The Labute approximate surface area is 128 Å². The summed E-state index contributed by atoms with van der Waals surface area (Å²) < 4.78 is 4.82. The van der Waals surface area contributed by atoms with Crippen LogP contribution >= 0.6 is 23.1 Å². The Hall–Kier alpha value is -0.880. The van der Waals surface area contributed by atoms with Gasteiger partial charge in [-0.1, -0.05) is 13.3 Å². The van der Waals surface area contributed by atoms with Crippen molar-refractivity contribution in [2.45, 2.75) is 31.1 Å². The fourth-order valence-corrected chi connectivity index (χ4v) is 4.78. The lowest BCUT2D eigenvalue weighted by Crippen LogP contribution is -2.34. The number of piperidine rings is 1. The van der Waals surface area contributed by atoms with Crippen LogP contribution in [0.4, 0.5) is 10.7 Å². The molecule has 0 radical (unpaired) electrons. The lowest BCUT2D eigenvalue weighted by Gasteiger charge is -2.33. The SMILES string of the molecule is CCC1CCCN(c2sc(C(=O)OC)c(N)c2SC)C1. The van der Waals surface area contributed by atoms with Crippen LogP contribution in [0.25, 0.3) is 0 Å². The highest BCUT2D eigenvalue weighted by molar-refractivity contribution is 7.99. The maximum Gasteiger partial charge on any atom is 0.350 e. The van der Waals surface area contributed by atoms with E-state index in [0.29, 0.717) is 10.6 Å². The molecule has 1 unspecified atom stereocenters. The number of esters is 1. The highest BCUT2D eigenvalue weighted by Gasteiger charge is 2.27. The molecular formula is C14H22N2O2S2. The fraction of sp³-hybridized carbons (Fsp3) is 0.643. The first-order valence-corrected chi connectivity index (χ1v) is 8.95. The molecule has 1 aliphatic heterocycles. The zero-order chi connectivity index (χ0) is 14.7. The molecule has 1 aliphatic rings. The molecule has 4 nitrogen and oxygen atoms in total. The van der Waals surface area contributed by atoms with Crippen molar-refractivity contribution < 1.29 is 9.53 Å². The first-order valence-electron chi connectivity index (χ1n) is 6.91. The van der Waals surface area contributed by atoms with E-state index in [9.17, 15) is 4.79 Å². The van der Waals surface area contributed by atoms with Gasteiger partial charge in [-0.05, 0) is 25.0 Å². The first kappa shape index (κ1) is 15.5. The summed E-state index contributed by atoms with van der Waals surface area (Å²) in [5.74, 6) is 0.404. The van der Waals surface area contributed by atoms with Gasteiger partial charge >= 0.3 is 5.97 Å². The molecule has 0 aliphatic carbocycles. The molecule has 2 N–H and O–H groups in total. The Morgan fingerprint density at radius 3 is 2.95 bits per heavy atom. The van der Waals surface area contributed by atoms with Gasteiger partial charge in [0.1, 0.15) is 9.88 Å². The molecule has 1 saturated heterocycles. The van der Waals surface area contributed by atoms with Crippen LogP contribution in [0.1, 0.15) is 35.9 Å². The number of nitrogen functional groups attached to an aromatic ring is 1. The molecule has 20 heavy (non-hydrogen) atoms. The Kier molecular flexibility index (Phi) is 5.21. The average molecular weight is 314 g/mol. The van der Waals surface area contributed by atoms with Gasteiger partial charge in [0.2, 0.25) is 0 Å². The van der Waals surface area contributed by atoms with E-state index in [4.69, 9.17) is 10.5 Å². The number of hydrogen-bond donors (Lipinski definition) is 1. The van der Waals surface area contributed by atoms with Crippen LogP contribution in [0, 0.1) is 5.92 Å². The molecule has 0 spiro atoms. The lowest BCUT2D eigenvalue weighted by molar-refractivity contribution is 0.0607. The number of rotatable bonds is 4. The van der Waals surface area contributed by atoms with Crippen LogP contribution < -0.4 is 10.6 Å². The second kappa shape index (κ2) is 6.72. The summed E-state index contributed by atoms with van der Waals surface area (Å²) in [5, 5.41) is 1.13. The zero-order valence-corrected chi connectivity index (χ0v) is 13.9. The minimum atomic E-state index is -0.335. The van der Waals surface area contributed by atoms with Crippen molar-refractivity contribution >= 4 is 39.8 Å². The molecule has 2 rings (SSSR count). The van der Waals surface area contributed by atoms with E-state index in [2.05, 4.69) is 11.8 Å². The third-order valence-corrected chi connectivity index (χ3v) is 6.04. The molecule has 6 heteroatoms. The molecule has 0 saturated carbocycles. The number of ether oxygens (including phenoxy) is 1. The molecule has 112 valence electrons. The van der Waals surface area contributed by atoms with Crippen LogP contribution in [-0.2, 0) is 4.74 Å². The van der Waals surface area contributed by atoms with Gasteiger partial charge < -0.3 is 15.4 Å². The van der Waals surface area contributed by atoms with E-state index in [1.54, 1.807) is 11.8 Å². The molecule has 0 amide bonds. The maximum absolute atomic E-state index is 11.8. The van der Waals surface area contributed by atoms with E-state index >= 15 is 0 Å². The predicted octanol–water partition coefficient (Wildman–Crippen LogP) is 3.47. The first-order chi connectivity index (χ1) is 9.62. The van der Waals surface area contributed by atoms with Crippen molar-refractivity contribution in [3.05, 3.63) is 4.88 Å². The Morgan fingerprint density at radius 1 is 1.60 bits per heavy atom. The smallest absolute Gasteiger partial charge is 0.350 e. The summed E-state index contributed by atoms with van der Waals surface area (Å²) in [6.07, 6.45) is 5.71. The number of carbonyl (C=O) groups excluding carboxylic acids is 1. The lowest BCUT2D eigenvalue weighted by atomic mass is 9.96. The molecule has 0 aromatic carbocycles. The molecule has 1 atom stereocenters. The summed E-state index contributed by atoms with van der Waals surface area (Å²) in [5.41, 5.74) is 6.70. The van der Waals surface area contributed by atoms with Crippen molar-refractivity contribution in [3.8, 4) is 0 Å². The Balaban J connectivity index is 2.33. The maximum atomic E-state index is 11.8. The van der Waals surface area contributed by atoms with Gasteiger partial charge in [0.05, 0.1) is 17.7 Å². The minimum Gasteiger partial charge on any atom is -0.465 e. The second-order valence-electron chi connectivity index (χ2n) is 5.04. The van der Waals surface area contributed by atoms with Crippen molar-refractivity contribution in [1.82, 2.24) is 0 Å². The Morgan fingerprint density at radius 2 is 2.35 bits per heavy atom. The van der Waals surface area contributed by atoms with Crippen LogP contribution in [0.3, 0.4) is 0 Å². The topological polar surface area (TPSA) is 55.6 Å². The van der Waals surface area contributed by atoms with E-state index in [0.717, 1.165) is 28.9 Å². The highest BCUT2D eigenvalue weighted by Crippen LogP contribution is 2.45. The average Bonchev–Trinajstić information content (AvgIpc) is 2.83. The number of hydrogen-bond acceptors (Lipinski definition) is 6. The standard InChI is InChI=1S/C14H22N2O2S2/c1-4-9-6-5-7-16(8-9)13-11(19-3)10(15)12(20-13)14(17)18-2/h9H,4-8,15H2,1-3H3. The second-order valence-corrected chi connectivity index (χ2v) is 6.85. The minimum absolute atomic E-state index is 0.335. The number of thioether (sulfide) groups is 1. The summed E-state index contributed by atoms with van der Waals surface area (Å²) >= 11 is 3.08. The van der Waals surface area contributed by atoms with Crippen LogP contribution in [0.15, 0.2) is 4.90 Å². The molecule has 1 aromatic rings. The number of methoxy groups -OCH3 is 1. The van der Waals surface area contributed by atoms with Crippen molar-refractivity contribution in [3.63, 3.8) is 0 Å². The van der Waals surface area contributed by atoms with E-state index in [1.165, 1.54) is 37.7 Å². The monoisotopic (exact) mass is 314 g/mol. The Bertz CT molecular complexity index is 488. The van der Waals surface area contributed by atoms with Crippen molar-refractivity contribution in [2.75, 3.05) is 37.1 Å².